The second-order valence-electron chi connectivity index (χ2n) is 8.74. The van der Waals surface area contributed by atoms with Gasteiger partial charge in [0.25, 0.3) is 11.8 Å². The number of tetrazole rings is 1. The largest absolute Gasteiger partial charge is 0.347 e. The third-order valence-corrected chi connectivity index (χ3v) is 7.90. The van der Waals surface area contributed by atoms with E-state index in [0.717, 1.165) is 6.33 Å². The van der Waals surface area contributed by atoms with E-state index in [4.69, 9.17) is 0 Å². The second-order valence-corrected chi connectivity index (χ2v) is 10.7. The van der Waals surface area contributed by atoms with Crippen LogP contribution in [-0.2, 0) is 23.4 Å². The summed E-state index contributed by atoms with van der Waals surface area (Å²) in [4.78, 5) is 33.5. The molecule has 14 heteroatoms. The van der Waals surface area contributed by atoms with Crippen LogP contribution in [0.1, 0.15) is 43.7 Å². The molecule has 2 aromatic heterocycles. The van der Waals surface area contributed by atoms with E-state index in [0.29, 0.717) is 28.1 Å². The number of hydrogen-bond donors (Lipinski definition) is 2. The zero-order valence-corrected chi connectivity index (χ0v) is 21.0. The van der Waals surface area contributed by atoms with Crippen molar-refractivity contribution in [3.63, 3.8) is 0 Å². The summed E-state index contributed by atoms with van der Waals surface area (Å²) in [5.74, 6) is -1.48. The number of benzene rings is 2. The van der Waals surface area contributed by atoms with Crippen LogP contribution >= 0.6 is 0 Å². The third-order valence-electron chi connectivity index (χ3n) is 6.10. The van der Waals surface area contributed by atoms with Crippen LogP contribution in [0.15, 0.2) is 53.7 Å². The van der Waals surface area contributed by atoms with Gasteiger partial charge in [-0.1, -0.05) is 24.3 Å². The summed E-state index contributed by atoms with van der Waals surface area (Å²) in [5, 5.41) is 16.6. The van der Waals surface area contributed by atoms with Crippen LogP contribution in [0.3, 0.4) is 0 Å². The predicted molar refractivity (Wildman–Crippen MR) is 131 cm³/mol. The maximum atomic E-state index is 13.5. The highest BCUT2D eigenvalue weighted by atomic mass is 32.2. The monoisotopic (exact) mass is 536 g/mol. The number of aryl methyl sites for hydroxylation is 2. The molecule has 2 N–H and O–H groups in total. The van der Waals surface area contributed by atoms with Gasteiger partial charge in [-0.3, -0.25) is 9.59 Å². The Balaban J connectivity index is 1.30. The number of carbonyl (C=O) groups excluding carboxylic acids is 2. The Morgan fingerprint density at radius 1 is 1.08 bits per heavy atom. The molecule has 38 heavy (non-hydrogen) atoms. The lowest BCUT2D eigenvalue weighted by Crippen LogP contribution is -2.31. The Bertz CT molecular complexity index is 1690. The summed E-state index contributed by atoms with van der Waals surface area (Å²) in [6.45, 7) is 1.76. The van der Waals surface area contributed by atoms with E-state index < -0.39 is 27.7 Å². The van der Waals surface area contributed by atoms with E-state index in [9.17, 15) is 22.4 Å². The lowest BCUT2D eigenvalue weighted by molar-refractivity contribution is 0.0935. The normalized spacial score (nSPS) is 15.6. The van der Waals surface area contributed by atoms with E-state index in [-0.39, 0.29) is 34.4 Å². The average Bonchev–Trinajstić information content (AvgIpc) is 3.44. The summed E-state index contributed by atoms with van der Waals surface area (Å²) < 4.78 is 40.6. The third kappa shape index (κ3) is 4.85. The fourth-order valence-electron chi connectivity index (χ4n) is 4.15. The molecule has 0 fully saturated rings. The molecule has 0 bridgehead atoms. The Hall–Kier alpha value is -4.59. The van der Waals surface area contributed by atoms with Crippen molar-refractivity contribution < 1.29 is 22.4 Å². The molecule has 1 aliphatic heterocycles. The van der Waals surface area contributed by atoms with Crippen molar-refractivity contribution in [2.75, 3.05) is 5.75 Å². The first-order valence-corrected chi connectivity index (χ1v) is 13.0. The van der Waals surface area contributed by atoms with Crippen LogP contribution in [0, 0.1) is 12.7 Å². The van der Waals surface area contributed by atoms with Gasteiger partial charge in [0.1, 0.15) is 23.5 Å². The number of halogens is 1. The first kappa shape index (κ1) is 25.1. The van der Waals surface area contributed by atoms with E-state index in [1.807, 2.05) is 0 Å². The van der Waals surface area contributed by atoms with E-state index in [2.05, 4.69) is 36.1 Å². The topological polar surface area (TPSA) is 162 Å². The van der Waals surface area contributed by atoms with Gasteiger partial charge in [-0.15, -0.1) is 5.10 Å². The summed E-state index contributed by atoms with van der Waals surface area (Å²) in [7, 11) is -2.04. The molecule has 0 unspecified atom stereocenters. The molecule has 12 nitrogen and oxygen atoms in total. The average molecular weight is 537 g/mol. The zero-order chi connectivity index (χ0) is 27.0. The number of sulfone groups is 1. The molecule has 0 radical (unpaired) electrons. The molecule has 4 aromatic rings. The summed E-state index contributed by atoms with van der Waals surface area (Å²) in [6, 6.07) is 9.68. The quantitative estimate of drug-likeness (QED) is 0.370. The molecule has 194 valence electrons. The molecule has 5 rings (SSSR count). The molecule has 1 atom stereocenters. The van der Waals surface area contributed by atoms with Crippen molar-refractivity contribution in [1.29, 1.82) is 0 Å². The molecule has 2 aromatic carbocycles. The lowest BCUT2D eigenvalue weighted by atomic mass is 10.1. The number of nitrogens with zero attached hydrogens (tertiary/aromatic N) is 6. The van der Waals surface area contributed by atoms with Crippen LogP contribution in [0.4, 0.5) is 4.39 Å². The first-order valence-electron chi connectivity index (χ1n) is 11.4. The van der Waals surface area contributed by atoms with Gasteiger partial charge >= 0.3 is 0 Å². The highest BCUT2D eigenvalue weighted by molar-refractivity contribution is 7.91. The van der Waals surface area contributed by atoms with Crippen molar-refractivity contribution in [2.45, 2.75) is 24.4 Å². The Morgan fingerprint density at radius 2 is 1.84 bits per heavy atom. The molecule has 0 aliphatic carbocycles. The summed E-state index contributed by atoms with van der Waals surface area (Å²) >= 11 is 0. The van der Waals surface area contributed by atoms with Gasteiger partial charge in [-0.25, -0.2) is 27.5 Å². The molecular formula is C24H21FN8O4S. The number of rotatable bonds is 6. The first-order chi connectivity index (χ1) is 18.1. The fourth-order valence-corrected chi connectivity index (χ4v) is 5.91. The molecule has 0 saturated carbocycles. The number of hydrogen-bond acceptors (Lipinski definition) is 9. The molecular weight excluding hydrogens is 515 g/mol. The number of aromatic nitrogens is 6. The smallest absolute Gasteiger partial charge is 0.270 e. The van der Waals surface area contributed by atoms with Crippen molar-refractivity contribution in [2.24, 2.45) is 7.05 Å². The lowest BCUT2D eigenvalue weighted by Gasteiger charge is -2.13. The summed E-state index contributed by atoms with van der Waals surface area (Å²) in [5.41, 5.74) is 1.95. The van der Waals surface area contributed by atoms with E-state index in [1.54, 1.807) is 38.2 Å². The number of carbonyl (C=O) groups is 2. The Morgan fingerprint density at radius 3 is 2.55 bits per heavy atom. The van der Waals surface area contributed by atoms with Crippen molar-refractivity contribution in [3.8, 4) is 11.4 Å². The van der Waals surface area contributed by atoms with Gasteiger partial charge in [0.15, 0.2) is 15.7 Å². The minimum atomic E-state index is -3.68. The highest BCUT2D eigenvalue weighted by Gasteiger charge is 2.36. The van der Waals surface area contributed by atoms with Crippen LogP contribution in [0.5, 0.6) is 0 Å². The molecule has 1 aliphatic rings. The zero-order valence-electron chi connectivity index (χ0n) is 20.2. The highest BCUT2D eigenvalue weighted by Crippen LogP contribution is 2.36. The van der Waals surface area contributed by atoms with Crippen LogP contribution in [0.25, 0.3) is 11.4 Å². The van der Waals surface area contributed by atoms with Crippen molar-refractivity contribution in [1.82, 2.24) is 40.8 Å². The fraction of sp³-hybridized carbons (Fsp3) is 0.208. The van der Waals surface area contributed by atoms with Crippen LogP contribution in [-0.4, -0.2) is 56.2 Å². The maximum Gasteiger partial charge on any atom is 0.270 e. The molecule has 3 heterocycles. The number of amides is 2. The summed E-state index contributed by atoms with van der Waals surface area (Å²) in [6.07, 6.45) is 1.08. The van der Waals surface area contributed by atoms with Crippen molar-refractivity contribution in [3.05, 3.63) is 82.7 Å². The van der Waals surface area contributed by atoms with Gasteiger partial charge in [0, 0.05) is 25.2 Å². The van der Waals surface area contributed by atoms with Crippen LogP contribution < -0.4 is 10.6 Å². The SMILES string of the molecule is Cc1cc(CNC(=O)c2cc(C(=O)N[C@H]3CS(=O)(=O)c4cc(-c5nnnn5C)ccc43)ncn2)ccc1F. The predicted octanol–water partition coefficient (Wildman–Crippen LogP) is 1.30. The number of fused-ring (bicyclic) bond motifs is 1. The molecule has 0 saturated heterocycles. The Kier molecular flexibility index (Phi) is 6.40. The Labute approximate surface area is 216 Å². The number of nitrogens with one attached hydrogen (secondary N) is 2. The minimum Gasteiger partial charge on any atom is -0.347 e. The van der Waals surface area contributed by atoms with Gasteiger partial charge in [-0.05, 0) is 46.2 Å². The van der Waals surface area contributed by atoms with Crippen molar-refractivity contribution >= 4 is 21.7 Å². The van der Waals surface area contributed by atoms with Crippen LogP contribution in [0.2, 0.25) is 0 Å². The van der Waals surface area contributed by atoms with Gasteiger partial charge in [0.05, 0.1) is 16.7 Å². The minimum absolute atomic E-state index is 0.0506. The second kappa shape index (κ2) is 9.70. The standard InChI is InChI=1S/C24H21FN8O4S/c1-13-7-14(3-6-17(13)25)10-26-23(34)18-9-19(28-12-27-18)24(35)29-20-11-38(36,37)21-8-15(4-5-16(20)21)22-30-31-32-33(22)2/h3-9,12,20H,10-11H2,1-2H3,(H,26,34)(H,29,35)/t20-/m0/s1. The molecule has 2 amide bonds. The van der Waals surface area contributed by atoms with E-state index >= 15 is 0 Å². The molecule has 0 spiro atoms. The van der Waals surface area contributed by atoms with Gasteiger partial charge < -0.3 is 10.6 Å². The maximum absolute atomic E-state index is 13.5. The van der Waals surface area contributed by atoms with E-state index in [1.165, 1.54) is 22.9 Å². The van der Waals surface area contributed by atoms with Gasteiger partial charge in [0.2, 0.25) is 0 Å². The van der Waals surface area contributed by atoms with Gasteiger partial charge in [-0.2, -0.15) is 0 Å².